The molecule has 1 aromatic heterocycles. The molecular formula is C16H18N2O2S. The third kappa shape index (κ3) is 4.72. The van der Waals surface area contributed by atoms with E-state index in [0.29, 0.717) is 11.7 Å². The molecular weight excluding hydrogens is 284 g/mol. The minimum absolute atomic E-state index is 0.199. The molecule has 0 spiro atoms. The van der Waals surface area contributed by atoms with Crippen molar-refractivity contribution in [2.24, 2.45) is 0 Å². The Kier molecular flexibility index (Phi) is 5.51. The van der Waals surface area contributed by atoms with Crippen LogP contribution in [0.2, 0.25) is 0 Å². The van der Waals surface area contributed by atoms with Crippen molar-refractivity contribution in [1.82, 2.24) is 4.98 Å². The van der Waals surface area contributed by atoms with E-state index in [0.717, 1.165) is 23.4 Å². The van der Waals surface area contributed by atoms with Gasteiger partial charge >= 0.3 is 0 Å². The minimum atomic E-state index is -0.199. The number of nitrogens with zero attached hydrogens (tertiary/aromatic N) is 1. The van der Waals surface area contributed by atoms with E-state index in [1.807, 2.05) is 36.6 Å². The van der Waals surface area contributed by atoms with Crippen molar-refractivity contribution < 1.29 is 9.53 Å². The Hall–Kier alpha value is -2.14. The van der Waals surface area contributed by atoms with Gasteiger partial charge in [0.15, 0.2) is 5.13 Å². The number of ether oxygens (including phenoxy) is 1. The fourth-order valence-electron chi connectivity index (χ4n) is 1.69. The van der Waals surface area contributed by atoms with Crippen molar-refractivity contribution in [1.29, 1.82) is 0 Å². The van der Waals surface area contributed by atoms with Crippen molar-refractivity contribution in [3.63, 3.8) is 0 Å². The van der Waals surface area contributed by atoms with Crippen LogP contribution in [0.4, 0.5) is 5.13 Å². The molecule has 0 aliphatic rings. The number of hydrogen-bond donors (Lipinski definition) is 1. The topological polar surface area (TPSA) is 51.2 Å². The molecule has 0 fully saturated rings. The second kappa shape index (κ2) is 7.59. The summed E-state index contributed by atoms with van der Waals surface area (Å²) in [5.74, 6) is 0.586. The van der Waals surface area contributed by atoms with Gasteiger partial charge in [-0.25, -0.2) is 4.98 Å². The van der Waals surface area contributed by atoms with Gasteiger partial charge in [-0.2, -0.15) is 0 Å². The molecule has 110 valence electrons. The summed E-state index contributed by atoms with van der Waals surface area (Å²) >= 11 is 1.41. The molecule has 0 atom stereocenters. The summed E-state index contributed by atoms with van der Waals surface area (Å²) in [5, 5.41) is 5.24. The molecule has 0 aliphatic heterocycles. The molecule has 5 heteroatoms. The maximum Gasteiger partial charge on any atom is 0.250 e. The van der Waals surface area contributed by atoms with E-state index in [9.17, 15) is 4.79 Å². The predicted molar refractivity (Wildman–Crippen MR) is 86.7 cm³/mol. The summed E-state index contributed by atoms with van der Waals surface area (Å²) < 4.78 is 5.65. The zero-order valence-corrected chi connectivity index (χ0v) is 12.9. The second-order valence-corrected chi connectivity index (χ2v) is 5.36. The van der Waals surface area contributed by atoms with Crippen LogP contribution in [0.15, 0.2) is 35.7 Å². The molecule has 1 heterocycles. The molecule has 2 rings (SSSR count). The maximum atomic E-state index is 11.8. The van der Waals surface area contributed by atoms with E-state index >= 15 is 0 Å². The van der Waals surface area contributed by atoms with Crippen molar-refractivity contribution in [3.8, 4) is 5.75 Å². The van der Waals surface area contributed by atoms with E-state index in [1.54, 1.807) is 6.08 Å². The molecule has 2 aromatic rings. The van der Waals surface area contributed by atoms with Crippen LogP contribution in [-0.2, 0) is 4.79 Å². The van der Waals surface area contributed by atoms with Crippen LogP contribution in [0.5, 0.6) is 5.75 Å². The number of carbonyl (C=O) groups is 1. The summed E-state index contributed by atoms with van der Waals surface area (Å²) in [6.07, 6.45) is 4.19. The van der Waals surface area contributed by atoms with Crippen molar-refractivity contribution in [2.75, 3.05) is 11.9 Å². The van der Waals surface area contributed by atoms with Crippen LogP contribution < -0.4 is 10.1 Å². The van der Waals surface area contributed by atoms with E-state index < -0.39 is 0 Å². The number of aryl methyl sites for hydroxylation is 1. The first-order valence-electron chi connectivity index (χ1n) is 6.82. The van der Waals surface area contributed by atoms with Gasteiger partial charge in [0.2, 0.25) is 5.91 Å². The van der Waals surface area contributed by atoms with Crippen LogP contribution in [-0.4, -0.2) is 17.5 Å². The quantitative estimate of drug-likeness (QED) is 0.824. The second-order valence-electron chi connectivity index (χ2n) is 4.50. The Morgan fingerprint density at radius 1 is 1.43 bits per heavy atom. The minimum Gasteiger partial charge on any atom is -0.493 e. The van der Waals surface area contributed by atoms with Gasteiger partial charge in [0.05, 0.1) is 12.3 Å². The molecule has 21 heavy (non-hydrogen) atoms. The lowest BCUT2D eigenvalue weighted by Gasteiger charge is -2.07. The largest absolute Gasteiger partial charge is 0.493 e. The number of para-hydroxylation sites is 1. The number of aromatic nitrogens is 1. The normalized spacial score (nSPS) is 10.8. The average Bonchev–Trinajstić information content (AvgIpc) is 2.89. The highest BCUT2D eigenvalue weighted by Gasteiger charge is 2.03. The zero-order chi connectivity index (χ0) is 15.1. The summed E-state index contributed by atoms with van der Waals surface area (Å²) in [6.45, 7) is 4.61. The molecule has 1 amide bonds. The number of thiazole rings is 1. The van der Waals surface area contributed by atoms with E-state index in [4.69, 9.17) is 4.74 Å². The van der Waals surface area contributed by atoms with Gasteiger partial charge in [-0.05, 0) is 25.5 Å². The summed E-state index contributed by atoms with van der Waals surface area (Å²) in [4.78, 5) is 16.0. The van der Waals surface area contributed by atoms with Crippen LogP contribution in [0.3, 0.4) is 0 Å². The smallest absolute Gasteiger partial charge is 0.250 e. The van der Waals surface area contributed by atoms with Gasteiger partial charge in [0, 0.05) is 17.0 Å². The summed E-state index contributed by atoms with van der Waals surface area (Å²) in [5.41, 5.74) is 1.79. The number of rotatable bonds is 6. The number of hydrogen-bond acceptors (Lipinski definition) is 4. The van der Waals surface area contributed by atoms with Gasteiger partial charge in [-0.15, -0.1) is 11.3 Å². The molecule has 0 radical (unpaired) electrons. The van der Waals surface area contributed by atoms with Gasteiger partial charge < -0.3 is 4.74 Å². The fourth-order valence-corrected chi connectivity index (χ4v) is 2.38. The highest BCUT2D eigenvalue weighted by Crippen LogP contribution is 2.20. The Morgan fingerprint density at radius 3 is 2.95 bits per heavy atom. The zero-order valence-electron chi connectivity index (χ0n) is 12.1. The SMILES string of the molecule is CCCOc1ccccc1/C=C/C(=O)Nc1nc(C)cs1. The third-order valence-corrected chi connectivity index (χ3v) is 3.52. The number of amides is 1. The monoisotopic (exact) mass is 302 g/mol. The Balaban J connectivity index is 2.01. The van der Waals surface area contributed by atoms with E-state index in [-0.39, 0.29) is 5.91 Å². The average molecular weight is 302 g/mol. The molecule has 1 aromatic carbocycles. The molecule has 0 saturated heterocycles. The summed E-state index contributed by atoms with van der Waals surface area (Å²) in [7, 11) is 0. The maximum absolute atomic E-state index is 11.8. The first-order chi connectivity index (χ1) is 10.2. The molecule has 1 N–H and O–H groups in total. The molecule has 0 unspecified atom stereocenters. The number of anilines is 1. The van der Waals surface area contributed by atoms with E-state index in [2.05, 4.69) is 17.2 Å². The lowest BCUT2D eigenvalue weighted by Crippen LogP contribution is -2.07. The first-order valence-corrected chi connectivity index (χ1v) is 7.70. The number of nitrogens with one attached hydrogen (secondary N) is 1. The molecule has 0 bridgehead atoms. The highest BCUT2D eigenvalue weighted by molar-refractivity contribution is 7.13. The van der Waals surface area contributed by atoms with Crippen LogP contribution in [0, 0.1) is 6.92 Å². The van der Waals surface area contributed by atoms with E-state index in [1.165, 1.54) is 17.4 Å². The first kappa shape index (κ1) is 15.3. The Bertz CT molecular complexity index is 635. The third-order valence-electron chi connectivity index (χ3n) is 2.64. The van der Waals surface area contributed by atoms with Crippen LogP contribution >= 0.6 is 11.3 Å². The van der Waals surface area contributed by atoms with Gasteiger partial charge in [-0.3, -0.25) is 10.1 Å². The molecule has 0 saturated carbocycles. The van der Waals surface area contributed by atoms with Gasteiger partial charge in [0.1, 0.15) is 5.75 Å². The van der Waals surface area contributed by atoms with Crippen LogP contribution in [0.1, 0.15) is 24.6 Å². The van der Waals surface area contributed by atoms with Crippen molar-refractivity contribution >= 4 is 28.5 Å². The van der Waals surface area contributed by atoms with Gasteiger partial charge in [0.25, 0.3) is 0 Å². The van der Waals surface area contributed by atoms with Crippen molar-refractivity contribution in [2.45, 2.75) is 20.3 Å². The summed E-state index contributed by atoms with van der Waals surface area (Å²) in [6, 6.07) is 7.65. The Labute approximate surface area is 128 Å². The fraction of sp³-hybridized carbons (Fsp3) is 0.250. The number of benzene rings is 1. The molecule has 0 aliphatic carbocycles. The van der Waals surface area contributed by atoms with Crippen LogP contribution in [0.25, 0.3) is 6.08 Å². The van der Waals surface area contributed by atoms with Crippen molar-refractivity contribution in [3.05, 3.63) is 47.0 Å². The Morgan fingerprint density at radius 2 is 2.24 bits per heavy atom. The highest BCUT2D eigenvalue weighted by atomic mass is 32.1. The standard InChI is InChI=1S/C16H18N2O2S/c1-3-10-20-14-7-5-4-6-13(14)8-9-15(19)18-16-17-12(2)11-21-16/h4-9,11H,3,10H2,1-2H3,(H,17,18,19)/b9-8+. The van der Waals surface area contributed by atoms with Gasteiger partial charge in [-0.1, -0.05) is 25.1 Å². The lowest BCUT2D eigenvalue weighted by atomic mass is 10.2. The number of carbonyl (C=O) groups excluding carboxylic acids is 1. The predicted octanol–water partition coefficient (Wildman–Crippen LogP) is 3.89. The molecule has 4 nitrogen and oxygen atoms in total. The lowest BCUT2D eigenvalue weighted by molar-refractivity contribution is -0.111.